The predicted molar refractivity (Wildman–Crippen MR) is 169 cm³/mol. The molecule has 1 aliphatic carbocycles. The first kappa shape index (κ1) is 31.7. The minimum absolute atomic E-state index is 0.0879. The van der Waals surface area contributed by atoms with E-state index in [0.717, 1.165) is 55.5 Å². The zero-order chi connectivity index (χ0) is 31.1. The van der Waals surface area contributed by atoms with Crippen molar-refractivity contribution in [1.29, 1.82) is 0 Å². The number of hydrogen-bond acceptors (Lipinski definition) is 7. The lowest BCUT2D eigenvalue weighted by Crippen LogP contribution is -2.39. The molecule has 1 saturated heterocycles. The van der Waals surface area contributed by atoms with Crippen molar-refractivity contribution in [2.45, 2.75) is 91.2 Å². The van der Waals surface area contributed by atoms with Crippen molar-refractivity contribution in [3.63, 3.8) is 0 Å². The fourth-order valence-electron chi connectivity index (χ4n) is 5.91. The molecule has 1 atom stereocenters. The zero-order valence-electron chi connectivity index (χ0n) is 26.3. The van der Waals surface area contributed by atoms with Gasteiger partial charge in [0.1, 0.15) is 11.9 Å². The quantitative estimate of drug-likeness (QED) is 0.182. The first-order valence-electron chi connectivity index (χ1n) is 15.9. The van der Waals surface area contributed by atoms with E-state index in [-0.39, 0.29) is 30.2 Å². The third-order valence-corrected chi connectivity index (χ3v) is 8.34. The molecule has 1 aliphatic heterocycles. The van der Waals surface area contributed by atoms with E-state index in [1.807, 2.05) is 72.7 Å². The minimum Gasteiger partial charge on any atom is -0.474 e. The molecule has 10 nitrogen and oxygen atoms in total. The summed E-state index contributed by atoms with van der Waals surface area (Å²) >= 11 is 0. The van der Waals surface area contributed by atoms with Crippen LogP contribution in [0.3, 0.4) is 0 Å². The molecule has 44 heavy (non-hydrogen) atoms. The molecule has 236 valence electrons. The normalized spacial score (nSPS) is 19.8. The number of benzene rings is 1. The van der Waals surface area contributed by atoms with Crippen molar-refractivity contribution in [2.75, 3.05) is 25.1 Å². The van der Waals surface area contributed by atoms with E-state index in [9.17, 15) is 9.59 Å². The average Bonchev–Trinajstić information content (AvgIpc) is 3.34. The number of hydrogen-bond donors (Lipinski definition) is 1. The number of anilines is 1. The first-order valence-corrected chi connectivity index (χ1v) is 15.9. The molecule has 1 unspecified atom stereocenters. The Bertz CT molecular complexity index is 1400. The summed E-state index contributed by atoms with van der Waals surface area (Å²) in [5.41, 5.74) is 2.82. The highest BCUT2D eigenvalue weighted by atomic mass is 16.7. The molecule has 2 amide bonds. The highest BCUT2D eigenvalue weighted by Gasteiger charge is 2.31. The van der Waals surface area contributed by atoms with Gasteiger partial charge < -0.3 is 29.0 Å². The van der Waals surface area contributed by atoms with Crippen molar-refractivity contribution >= 4 is 18.1 Å². The molecular weight excluding hydrogens is 558 g/mol. The van der Waals surface area contributed by atoms with Crippen molar-refractivity contribution in [2.24, 2.45) is 5.92 Å². The Morgan fingerprint density at radius 1 is 1.16 bits per heavy atom. The smallest absolute Gasteiger partial charge is 0.274 e. The highest BCUT2D eigenvalue weighted by molar-refractivity contribution is 6.00. The molecule has 1 saturated carbocycles. The van der Waals surface area contributed by atoms with Crippen LogP contribution in [0.4, 0.5) is 5.82 Å². The molecule has 0 radical (unpaired) electrons. The van der Waals surface area contributed by atoms with Crippen molar-refractivity contribution in [3.05, 3.63) is 59.4 Å². The van der Waals surface area contributed by atoms with Crippen LogP contribution in [0, 0.1) is 12.8 Å². The number of aromatic nitrogens is 3. The van der Waals surface area contributed by atoms with Crippen LogP contribution >= 0.6 is 0 Å². The molecule has 10 heteroatoms. The fraction of sp³-hybridized carbons (Fsp3) is 0.529. The molecule has 1 N–H and O–H groups in total. The number of rotatable bonds is 14. The molecular formula is C34H45N5O5. The van der Waals surface area contributed by atoms with Crippen LogP contribution in [0.25, 0.3) is 11.4 Å². The van der Waals surface area contributed by atoms with Gasteiger partial charge in [0.05, 0.1) is 12.3 Å². The Hall–Kier alpha value is -3.76. The van der Waals surface area contributed by atoms with Crippen LogP contribution in [0.5, 0.6) is 5.88 Å². The van der Waals surface area contributed by atoms with Gasteiger partial charge in [-0.15, -0.1) is 0 Å². The molecule has 0 bridgehead atoms. The number of pyridine rings is 1. The van der Waals surface area contributed by atoms with Crippen LogP contribution in [-0.4, -0.2) is 69.9 Å². The fourth-order valence-corrected chi connectivity index (χ4v) is 5.91. The number of carbonyl (C=O) groups excluding carboxylic acids is 2. The van der Waals surface area contributed by atoms with Gasteiger partial charge in [-0.1, -0.05) is 37.3 Å². The van der Waals surface area contributed by atoms with E-state index < -0.39 is 0 Å². The van der Waals surface area contributed by atoms with Gasteiger partial charge in [0.15, 0.2) is 17.8 Å². The number of amides is 2. The number of ether oxygens (including phenoxy) is 3. The first-order chi connectivity index (χ1) is 21.3. The summed E-state index contributed by atoms with van der Waals surface area (Å²) < 4.78 is 19.6. The van der Waals surface area contributed by atoms with Crippen molar-refractivity contribution in [1.82, 2.24) is 19.4 Å². The van der Waals surface area contributed by atoms with Crippen LogP contribution < -0.4 is 10.1 Å². The van der Waals surface area contributed by atoms with Gasteiger partial charge in [0.2, 0.25) is 12.3 Å². The Labute approximate surface area is 260 Å². The second-order valence-electron chi connectivity index (χ2n) is 12.2. The van der Waals surface area contributed by atoms with Crippen LogP contribution in [-0.2, 0) is 20.8 Å². The SMILES string of the molecule is Cc1nc(OC2CC(C)C2)ccc1-c1nc(NC=O)c(C(=O)N(CCCOC2CCCCO2)C(C)C)n1Cc1ccccc1. The summed E-state index contributed by atoms with van der Waals surface area (Å²) in [6, 6.07) is 13.6. The Kier molecular flexibility index (Phi) is 10.7. The van der Waals surface area contributed by atoms with Crippen LogP contribution in [0.1, 0.15) is 81.0 Å². The number of nitrogens with one attached hydrogen (secondary N) is 1. The van der Waals surface area contributed by atoms with E-state index in [1.54, 1.807) is 0 Å². The lowest BCUT2D eigenvalue weighted by Gasteiger charge is -2.32. The summed E-state index contributed by atoms with van der Waals surface area (Å²) in [5, 5.41) is 2.71. The topological polar surface area (TPSA) is 108 Å². The molecule has 2 aromatic heterocycles. The predicted octanol–water partition coefficient (Wildman–Crippen LogP) is 5.83. The molecule has 2 aliphatic rings. The summed E-state index contributed by atoms with van der Waals surface area (Å²) in [6.45, 7) is 10.2. The maximum absolute atomic E-state index is 14.4. The third kappa shape index (κ3) is 7.65. The largest absolute Gasteiger partial charge is 0.474 e. The lowest BCUT2D eigenvalue weighted by atomic mass is 9.84. The number of imidazole rings is 1. The zero-order valence-corrected chi connectivity index (χ0v) is 26.3. The van der Waals surface area contributed by atoms with Crippen molar-refractivity contribution < 1.29 is 23.8 Å². The van der Waals surface area contributed by atoms with E-state index in [0.29, 0.717) is 55.8 Å². The minimum atomic E-state index is -0.211. The summed E-state index contributed by atoms with van der Waals surface area (Å²) in [7, 11) is 0. The highest BCUT2D eigenvalue weighted by Crippen LogP contribution is 2.33. The molecule has 3 heterocycles. The summed E-state index contributed by atoms with van der Waals surface area (Å²) in [6.07, 6.45) is 6.38. The number of carbonyl (C=O) groups is 2. The average molecular weight is 604 g/mol. The van der Waals surface area contributed by atoms with Gasteiger partial charge in [-0.3, -0.25) is 9.59 Å². The van der Waals surface area contributed by atoms with E-state index in [4.69, 9.17) is 24.2 Å². The maximum Gasteiger partial charge on any atom is 0.274 e. The molecule has 2 fully saturated rings. The van der Waals surface area contributed by atoms with Crippen LogP contribution in [0.15, 0.2) is 42.5 Å². The standard InChI is InChI=1S/C34H45N5O5/c1-23(2)38(16-10-18-43-30-13-8-9-17-42-30)34(41)31-32(35-22-40)37-33(39(31)21-26-11-6-5-7-12-26)28-14-15-29(36-25(28)4)44-27-19-24(3)20-27/h5-7,11-12,14-15,22-24,27,30H,8-10,13,16-21H2,1-4H3,(H,35,40). The Morgan fingerprint density at radius 3 is 2.61 bits per heavy atom. The van der Waals surface area contributed by atoms with Crippen molar-refractivity contribution in [3.8, 4) is 17.3 Å². The molecule has 5 rings (SSSR count). The molecule has 1 aromatic carbocycles. The Morgan fingerprint density at radius 2 is 1.95 bits per heavy atom. The van der Waals surface area contributed by atoms with Gasteiger partial charge >= 0.3 is 0 Å². The number of aryl methyl sites for hydroxylation is 1. The second kappa shape index (κ2) is 14.8. The van der Waals surface area contributed by atoms with Gasteiger partial charge in [0, 0.05) is 37.4 Å². The summed E-state index contributed by atoms with van der Waals surface area (Å²) in [5.74, 6) is 1.82. The summed E-state index contributed by atoms with van der Waals surface area (Å²) in [4.78, 5) is 37.5. The number of nitrogens with zero attached hydrogens (tertiary/aromatic N) is 4. The maximum atomic E-state index is 14.4. The van der Waals surface area contributed by atoms with Crippen LogP contribution in [0.2, 0.25) is 0 Å². The van der Waals surface area contributed by atoms with E-state index in [1.165, 1.54) is 0 Å². The van der Waals surface area contributed by atoms with Gasteiger partial charge in [-0.05, 0) is 76.8 Å². The van der Waals surface area contributed by atoms with Gasteiger partial charge in [-0.25, -0.2) is 9.97 Å². The monoisotopic (exact) mass is 603 g/mol. The lowest BCUT2D eigenvalue weighted by molar-refractivity contribution is -0.163. The Balaban J connectivity index is 1.45. The second-order valence-corrected chi connectivity index (χ2v) is 12.2. The third-order valence-electron chi connectivity index (χ3n) is 8.34. The van der Waals surface area contributed by atoms with Gasteiger partial charge in [-0.2, -0.15) is 0 Å². The van der Waals surface area contributed by atoms with Gasteiger partial charge in [0.25, 0.3) is 5.91 Å². The van der Waals surface area contributed by atoms with E-state index in [2.05, 4.69) is 12.2 Å². The molecule has 3 aromatic rings. The molecule has 0 spiro atoms. The van der Waals surface area contributed by atoms with E-state index >= 15 is 0 Å².